The highest BCUT2D eigenvalue weighted by Crippen LogP contribution is 2.22. The predicted octanol–water partition coefficient (Wildman–Crippen LogP) is 0.987. The summed E-state index contributed by atoms with van der Waals surface area (Å²) in [6.07, 6.45) is 1.14. The quantitative estimate of drug-likeness (QED) is 0.186. The fourth-order valence-corrected chi connectivity index (χ4v) is 10.1. The van der Waals surface area contributed by atoms with Gasteiger partial charge in [-0.05, 0) is 75.3 Å². The van der Waals surface area contributed by atoms with Gasteiger partial charge in [0, 0.05) is 60.2 Å². The van der Waals surface area contributed by atoms with E-state index in [0.717, 1.165) is 10.6 Å². The molecule has 9 amide bonds. The third kappa shape index (κ3) is 17.0. The number of nitrogens with one attached hydrogen (secondary N) is 6. The standard InChI is InChI=1S/C56H87N11O10/c1-33(2)29-41-54(75)65(12)45(32-68)56(77)67-42(25-20-27-58-67)55(76)64(11)44(31-40-23-18-15-19-24-40)50(71)62-47(34(3)4)51(72)60-37(8)49(70)57-28-26-46(69)66(13)48(35(5)6)52(73)61-38(9)53(74)63(10)43(36(7)59-41)30-39-21-16-14-17-22-39/h14-19,21-24,33-38,41-45,47-48,58-59,68H,20,25-32H2,1-13H3,(H,57,70)(H,60,72)(H,61,73)(H,62,71). The Hall–Kier alpha value is -6.45. The normalized spacial score (nSPS) is 27.5. The summed E-state index contributed by atoms with van der Waals surface area (Å²) in [7, 11) is 5.98. The summed E-state index contributed by atoms with van der Waals surface area (Å²) in [4.78, 5) is 134. The zero-order valence-electron chi connectivity index (χ0n) is 47.5. The van der Waals surface area contributed by atoms with Gasteiger partial charge in [0.05, 0.1) is 18.7 Å². The molecule has 2 heterocycles. The first-order valence-corrected chi connectivity index (χ1v) is 27.1. The molecule has 4 rings (SSSR count). The van der Waals surface area contributed by atoms with Crippen LogP contribution < -0.4 is 32.0 Å². The van der Waals surface area contributed by atoms with Gasteiger partial charge in [0.2, 0.25) is 47.3 Å². The first-order chi connectivity index (χ1) is 36.3. The molecule has 0 bridgehead atoms. The van der Waals surface area contributed by atoms with E-state index < -0.39 is 132 Å². The molecule has 0 aromatic heterocycles. The number of aliphatic hydroxyl groups is 1. The maximum absolute atomic E-state index is 14.8. The van der Waals surface area contributed by atoms with Crippen LogP contribution in [0.15, 0.2) is 60.7 Å². The molecular weight excluding hydrogens is 987 g/mol. The average Bonchev–Trinajstić information content (AvgIpc) is 3.39. The molecule has 2 aromatic rings. The maximum Gasteiger partial charge on any atom is 0.262 e. The molecule has 21 nitrogen and oxygen atoms in total. The molecule has 0 saturated carbocycles. The van der Waals surface area contributed by atoms with E-state index in [1.54, 1.807) is 65.9 Å². The minimum Gasteiger partial charge on any atom is -0.394 e. The number of fused-ring (bicyclic) bond motifs is 1. The number of aliphatic hydroxyl groups excluding tert-OH is 1. The second-order valence-electron chi connectivity index (χ2n) is 21.8. The van der Waals surface area contributed by atoms with E-state index >= 15 is 0 Å². The van der Waals surface area contributed by atoms with Crippen molar-refractivity contribution in [2.24, 2.45) is 17.8 Å². The molecule has 10 atom stereocenters. The van der Waals surface area contributed by atoms with Gasteiger partial charge in [-0.25, -0.2) is 5.43 Å². The summed E-state index contributed by atoms with van der Waals surface area (Å²) in [5, 5.41) is 26.6. The van der Waals surface area contributed by atoms with Crippen molar-refractivity contribution < 1.29 is 48.3 Å². The SMILES string of the molecule is CC(C)CC1NC(C)C(Cc2ccccc2)N(C)C(=O)C(C)NC(=O)C(C(C)C)N(C)C(=O)CCNC(=O)C(C)NC(=O)C(C(C)C)NC(=O)C(Cc2ccccc2)N(C)C(=O)C2CCCNN2C(=O)C(CO)N(C)C1=O. The van der Waals surface area contributed by atoms with Gasteiger partial charge >= 0.3 is 0 Å². The van der Waals surface area contributed by atoms with Crippen molar-refractivity contribution in [1.29, 1.82) is 0 Å². The Morgan fingerprint density at radius 3 is 1.71 bits per heavy atom. The van der Waals surface area contributed by atoms with Crippen LogP contribution in [-0.4, -0.2) is 191 Å². The van der Waals surface area contributed by atoms with E-state index in [1.165, 1.54) is 47.7 Å². The molecule has 2 saturated heterocycles. The van der Waals surface area contributed by atoms with Gasteiger partial charge in [0.15, 0.2) is 0 Å². The number of likely N-dealkylation sites (N-methyl/N-ethyl adjacent to an activating group) is 4. The van der Waals surface area contributed by atoms with Crippen molar-refractivity contribution in [3.05, 3.63) is 71.8 Å². The third-order valence-electron chi connectivity index (χ3n) is 14.7. The fraction of sp³-hybridized carbons (Fsp3) is 0.625. The van der Waals surface area contributed by atoms with Crippen LogP contribution in [0.1, 0.15) is 99.1 Å². The van der Waals surface area contributed by atoms with Crippen LogP contribution in [0.2, 0.25) is 0 Å². The molecule has 21 heteroatoms. The zero-order chi connectivity index (χ0) is 57.4. The smallest absolute Gasteiger partial charge is 0.262 e. The fourth-order valence-electron chi connectivity index (χ4n) is 10.1. The lowest BCUT2D eigenvalue weighted by molar-refractivity contribution is -0.159. The summed E-state index contributed by atoms with van der Waals surface area (Å²) in [5.41, 5.74) is 4.64. The van der Waals surface area contributed by atoms with Crippen molar-refractivity contribution in [2.75, 3.05) is 47.9 Å². The Morgan fingerprint density at radius 2 is 1.16 bits per heavy atom. The Kier molecular flexibility index (Phi) is 24.0. The van der Waals surface area contributed by atoms with Crippen LogP contribution >= 0.6 is 0 Å². The second-order valence-corrected chi connectivity index (χ2v) is 21.8. The van der Waals surface area contributed by atoms with Crippen molar-refractivity contribution in [1.82, 2.24) is 56.6 Å². The Balaban J connectivity index is 1.80. The number of benzene rings is 2. The number of rotatable bonds is 9. The first kappa shape index (κ1) is 63.1. The van der Waals surface area contributed by atoms with Crippen LogP contribution in [0.3, 0.4) is 0 Å². The summed E-state index contributed by atoms with van der Waals surface area (Å²) in [6, 6.07) is 8.21. The van der Waals surface area contributed by atoms with E-state index in [9.17, 15) is 48.3 Å². The number of amides is 9. The van der Waals surface area contributed by atoms with Gasteiger partial charge in [0.25, 0.3) is 5.91 Å². The molecular formula is C56H87N11O10. The lowest BCUT2D eigenvalue weighted by atomic mass is 9.95. The van der Waals surface area contributed by atoms with Gasteiger partial charge in [-0.3, -0.25) is 48.2 Å². The number of nitrogens with zero attached hydrogens (tertiary/aromatic N) is 5. The molecule has 10 unspecified atom stereocenters. The Labute approximate surface area is 455 Å². The molecule has 7 N–H and O–H groups in total. The zero-order valence-corrected chi connectivity index (χ0v) is 47.5. The molecule has 0 radical (unpaired) electrons. The predicted molar refractivity (Wildman–Crippen MR) is 292 cm³/mol. The van der Waals surface area contributed by atoms with Crippen molar-refractivity contribution >= 4 is 53.2 Å². The van der Waals surface area contributed by atoms with E-state index in [-0.39, 0.29) is 31.7 Å². The van der Waals surface area contributed by atoms with Crippen LogP contribution in [0, 0.1) is 17.8 Å². The highest BCUT2D eigenvalue weighted by Gasteiger charge is 2.44. The summed E-state index contributed by atoms with van der Waals surface area (Å²) in [5.74, 6) is -6.21. The minimum absolute atomic E-state index is 0.0269. The maximum atomic E-state index is 14.8. The van der Waals surface area contributed by atoms with E-state index in [4.69, 9.17) is 0 Å². The molecule has 77 heavy (non-hydrogen) atoms. The van der Waals surface area contributed by atoms with Crippen LogP contribution in [0.25, 0.3) is 0 Å². The number of hydrazine groups is 1. The summed E-state index contributed by atoms with van der Waals surface area (Å²) in [6.45, 7) is 15.1. The lowest BCUT2D eigenvalue weighted by Crippen LogP contribution is -2.66. The van der Waals surface area contributed by atoms with Gasteiger partial charge in [-0.2, -0.15) is 0 Å². The van der Waals surface area contributed by atoms with Gasteiger partial charge in [-0.15, -0.1) is 0 Å². The molecule has 0 spiro atoms. The largest absolute Gasteiger partial charge is 0.394 e. The monoisotopic (exact) mass is 1070 g/mol. The van der Waals surface area contributed by atoms with E-state index in [1.807, 2.05) is 57.2 Å². The van der Waals surface area contributed by atoms with Crippen molar-refractivity contribution in [2.45, 2.75) is 161 Å². The molecule has 2 aliphatic heterocycles. The highest BCUT2D eigenvalue weighted by atomic mass is 16.3. The van der Waals surface area contributed by atoms with E-state index in [0.29, 0.717) is 31.4 Å². The van der Waals surface area contributed by atoms with E-state index in [2.05, 4.69) is 32.0 Å². The minimum atomic E-state index is -1.46. The van der Waals surface area contributed by atoms with Gasteiger partial charge in [0.1, 0.15) is 42.3 Å². The molecule has 426 valence electrons. The lowest BCUT2D eigenvalue weighted by Gasteiger charge is -2.42. The van der Waals surface area contributed by atoms with Crippen LogP contribution in [-0.2, 0) is 56.0 Å². The van der Waals surface area contributed by atoms with Crippen LogP contribution in [0.5, 0.6) is 0 Å². The highest BCUT2D eigenvalue weighted by molar-refractivity contribution is 5.97. The van der Waals surface area contributed by atoms with Gasteiger partial charge < -0.3 is 51.3 Å². The molecule has 2 aromatic carbocycles. The molecule has 2 fully saturated rings. The molecule has 0 aliphatic carbocycles. The average molecular weight is 1070 g/mol. The second kappa shape index (κ2) is 29.3. The van der Waals surface area contributed by atoms with Crippen molar-refractivity contribution in [3.63, 3.8) is 0 Å². The van der Waals surface area contributed by atoms with Gasteiger partial charge in [-0.1, -0.05) is 102 Å². The Morgan fingerprint density at radius 1 is 0.584 bits per heavy atom. The van der Waals surface area contributed by atoms with Crippen LogP contribution in [0.4, 0.5) is 0 Å². The summed E-state index contributed by atoms with van der Waals surface area (Å²) >= 11 is 0. The Bertz CT molecular complexity index is 2340. The first-order valence-electron chi connectivity index (χ1n) is 27.1. The molecule has 2 aliphatic rings. The third-order valence-corrected chi connectivity index (χ3v) is 14.7. The number of carbonyl (C=O) groups is 9. The topological polar surface area (TPSA) is 262 Å². The summed E-state index contributed by atoms with van der Waals surface area (Å²) < 4.78 is 0. The number of carbonyl (C=O) groups excluding carboxylic acids is 9. The van der Waals surface area contributed by atoms with Crippen molar-refractivity contribution in [3.8, 4) is 0 Å². The number of hydrogen-bond donors (Lipinski definition) is 7. The number of hydrogen-bond acceptors (Lipinski definition) is 12.